The highest BCUT2D eigenvalue weighted by atomic mass is 35.5. The van der Waals surface area contributed by atoms with Crippen LogP contribution in [-0.4, -0.2) is 28.2 Å². The molecule has 2 N–H and O–H groups in total. The fourth-order valence-electron chi connectivity index (χ4n) is 2.35. The first-order chi connectivity index (χ1) is 12.0. The van der Waals surface area contributed by atoms with Crippen molar-refractivity contribution in [1.29, 1.82) is 0 Å². The van der Waals surface area contributed by atoms with Crippen molar-refractivity contribution in [2.75, 3.05) is 12.4 Å². The molecule has 1 unspecified atom stereocenters. The number of benzene rings is 2. The van der Waals surface area contributed by atoms with Crippen molar-refractivity contribution >= 4 is 46.0 Å². The zero-order valence-corrected chi connectivity index (χ0v) is 15.7. The molecule has 0 saturated carbocycles. The monoisotopic (exact) mass is 375 g/mol. The maximum Gasteiger partial charge on any atom is 0.237 e. The van der Waals surface area contributed by atoms with Crippen LogP contribution in [0.25, 0.3) is 11.0 Å². The average Bonchev–Trinajstić information content (AvgIpc) is 2.99. The number of thioether (sulfide) groups is 1. The fraction of sp³-hybridized carbons (Fsp3) is 0.222. The number of anilines is 1. The van der Waals surface area contributed by atoms with Crippen LogP contribution in [0.5, 0.6) is 5.75 Å². The summed E-state index contributed by atoms with van der Waals surface area (Å²) in [5.74, 6) is 0.656. The predicted octanol–water partition coefficient (Wildman–Crippen LogP) is 4.65. The Morgan fingerprint density at radius 2 is 2.16 bits per heavy atom. The largest absolute Gasteiger partial charge is 0.497 e. The van der Waals surface area contributed by atoms with Crippen LogP contribution < -0.4 is 10.1 Å². The van der Waals surface area contributed by atoms with Crippen molar-refractivity contribution in [3.05, 3.63) is 47.0 Å². The minimum Gasteiger partial charge on any atom is -0.497 e. The van der Waals surface area contributed by atoms with E-state index in [1.165, 1.54) is 11.8 Å². The van der Waals surface area contributed by atoms with Crippen molar-refractivity contribution in [2.24, 2.45) is 0 Å². The highest BCUT2D eigenvalue weighted by molar-refractivity contribution is 8.00. The number of carbonyl (C=O) groups is 1. The Kier molecular flexibility index (Phi) is 5.20. The molecular weight excluding hydrogens is 358 g/mol. The van der Waals surface area contributed by atoms with Gasteiger partial charge >= 0.3 is 0 Å². The third-order valence-electron chi connectivity index (χ3n) is 3.85. The molecule has 130 valence electrons. The maximum absolute atomic E-state index is 12.5. The molecule has 1 aromatic heterocycles. The summed E-state index contributed by atoms with van der Waals surface area (Å²) in [6, 6.07) is 11.1. The van der Waals surface area contributed by atoms with Gasteiger partial charge in [-0.15, -0.1) is 0 Å². The third kappa shape index (κ3) is 3.91. The summed E-state index contributed by atoms with van der Waals surface area (Å²) in [4.78, 5) is 20.2. The Morgan fingerprint density at radius 3 is 2.92 bits per heavy atom. The first kappa shape index (κ1) is 17.6. The molecule has 0 aliphatic carbocycles. The van der Waals surface area contributed by atoms with Gasteiger partial charge in [-0.2, -0.15) is 0 Å². The lowest BCUT2D eigenvalue weighted by atomic mass is 10.2. The normalized spacial score (nSPS) is 12.2. The van der Waals surface area contributed by atoms with Crippen LogP contribution in [0.2, 0.25) is 5.02 Å². The molecule has 5 nitrogen and oxygen atoms in total. The van der Waals surface area contributed by atoms with Gasteiger partial charge < -0.3 is 15.0 Å². The summed E-state index contributed by atoms with van der Waals surface area (Å²) in [6.45, 7) is 3.72. The lowest BCUT2D eigenvalue weighted by Crippen LogP contribution is -2.23. The summed E-state index contributed by atoms with van der Waals surface area (Å²) in [5, 5.41) is 3.92. The number of amides is 1. The number of halogens is 1. The number of imidazole rings is 1. The minimum absolute atomic E-state index is 0.103. The fourth-order valence-corrected chi connectivity index (χ4v) is 3.34. The Hall–Kier alpha value is -2.18. The second-order valence-electron chi connectivity index (χ2n) is 5.59. The van der Waals surface area contributed by atoms with E-state index in [4.69, 9.17) is 16.3 Å². The molecule has 7 heteroatoms. The number of hydrogen-bond donors (Lipinski definition) is 2. The number of ether oxygens (including phenoxy) is 1. The van der Waals surface area contributed by atoms with E-state index in [-0.39, 0.29) is 11.2 Å². The van der Waals surface area contributed by atoms with Crippen LogP contribution in [0.4, 0.5) is 5.69 Å². The van der Waals surface area contributed by atoms with Gasteiger partial charge in [0.05, 0.1) is 23.4 Å². The van der Waals surface area contributed by atoms with E-state index in [0.717, 1.165) is 28.0 Å². The molecule has 1 atom stereocenters. The number of fused-ring (bicyclic) bond motifs is 1. The highest BCUT2D eigenvalue weighted by Gasteiger charge is 2.18. The van der Waals surface area contributed by atoms with Gasteiger partial charge in [0.25, 0.3) is 0 Å². The highest BCUT2D eigenvalue weighted by Crippen LogP contribution is 2.27. The minimum atomic E-state index is -0.319. The molecule has 3 rings (SSSR count). The van der Waals surface area contributed by atoms with Gasteiger partial charge in [0, 0.05) is 16.8 Å². The molecule has 0 spiro atoms. The second-order valence-corrected chi connectivity index (χ2v) is 7.32. The quantitative estimate of drug-likeness (QED) is 0.637. The van der Waals surface area contributed by atoms with E-state index in [2.05, 4.69) is 15.3 Å². The number of aromatic amines is 1. The number of aromatic nitrogens is 2. The number of nitrogens with one attached hydrogen (secondary N) is 2. The van der Waals surface area contributed by atoms with Gasteiger partial charge in [0.1, 0.15) is 5.75 Å². The Morgan fingerprint density at radius 1 is 1.36 bits per heavy atom. The SMILES string of the molecule is COc1ccc2nc(SC(C)C(=O)Nc3cccc(Cl)c3C)[nH]c2c1. The van der Waals surface area contributed by atoms with Gasteiger partial charge in [0.15, 0.2) is 5.16 Å². The summed E-state index contributed by atoms with van der Waals surface area (Å²) < 4.78 is 5.21. The molecule has 0 bridgehead atoms. The Bertz CT molecular complexity index is 926. The van der Waals surface area contributed by atoms with Crippen molar-refractivity contribution < 1.29 is 9.53 Å². The van der Waals surface area contributed by atoms with Crippen molar-refractivity contribution in [3.63, 3.8) is 0 Å². The van der Waals surface area contributed by atoms with Crippen LogP contribution in [0, 0.1) is 6.92 Å². The summed E-state index contributed by atoms with van der Waals surface area (Å²) in [7, 11) is 1.62. The molecule has 0 saturated heterocycles. The molecule has 1 heterocycles. The topological polar surface area (TPSA) is 67.0 Å². The van der Waals surface area contributed by atoms with E-state index in [0.29, 0.717) is 10.2 Å². The van der Waals surface area contributed by atoms with Crippen LogP contribution in [0.15, 0.2) is 41.6 Å². The first-order valence-electron chi connectivity index (χ1n) is 7.74. The number of H-pyrrole nitrogens is 1. The molecule has 3 aromatic rings. The van der Waals surface area contributed by atoms with Gasteiger partial charge in [-0.05, 0) is 43.7 Å². The number of hydrogen-bond acceptors (Lipinski definition) is 4. The third-order valence-corrected chi connectivity index (χ3v) is 5.24. The van der Waals surface area contributed by atoms with Gasteiger partial charge in [0.2, 0.25) is 5.91 Å². The van der Waals surface area contributed by atoms with Crippen LogP contribution in [-0.2, 0) is 4.79 Å². The van der Waals surface area contributed by atoms with E-state index in [9.17, 15) is 4.79 Å². The lowest BCUT2D eigenvalue weighted by Gasteiger charge is -2.13. The van der Waals surface area contributed by atoms with Crippen molar-refractivity contribution in [1.82, 2.24) is 9.97 Å². The summed E-state index contributed by atoms with van der Waals surface area (Å²) in [5.41, 5.74) is 3.28. The molecule has 0 fully saturated rings. The smallest absolute Gasteiger partial charge is 0.237 e. The van der Waals surface area contributed by atoms with Crippen LogP contribution in [0.1, 0.15) is 12.5 Å². The molecule has 1 amide bonds. The Balaban J connectivity index is 1.71. The second kappa shape index (κ2) is 7.37. The summed E-state index contributed by atoms with van der Waals surface area (Å²) >= 11 is 7.46. The van der Waals surface area contributed by atoms with Gasteiger partial charge in [-0.25, -0.2) is 4.98 Å². The molecular formula is C18H18ClN3O2S. The van der Waals surface area contributed by atoms with Gasteiger partial charge in [-0.1, -0.05) is 29.4 Å². The zero-order chi connectivity index (χ0) is 18.0. The summed E-state index contributed by atoms with van der Waals surface area (Å²) in [6.07, 6.45) is 0. The maximum atomic E-state index is 12.5. The molecule has 0 radical (unpaired) electrons. The van der Waals surface area contributed by atoms with Crippen molar-refractivity contribution in [2.45, 2.75) is 24.3 Å². The van der Waals surface area contributed by atoms with E-state index in [1.807, 2.05) is 44.2 Å². The standard InChI is InChI=1S/C18H18ClN3O2S/c1-10-13(19)5-4-6-14(10)20-17(23)11(2)25-18-21-15-8-7-12(24-3)9-16(15)22-18/h4-9,11H,1-3H3,(H,20,23)(H,21,22). The average molecular weight is 376 g/mol. The molecule has 0 aliphatic rings. The molecule has 0 aliphatic heterocycles. The Labute approximate surface area is 155 Å². The van der Waals surface area contributed by atoms with E-state index < -0.39 is 0 Å². The number of rotatable bonds is 5. The number of carbonyl (C=O) groups excluding carboxylic acids is 1. The zero-order valence-electron chi connectivity index (χ0n) is 14.1. The van der Waals surface area contributed by atoms with E-state index >= 15 is 0 Å². The van der Waals surface area contributed by atoms with Gasteiger partial charge in [-0.3, -0.25) is 4.79 Å². The molecule has 25 heavy (non-hydrogen) atoms. The van der Waals surface area contributed by atoms with Crippen LogP contribution in [0.3, 0.4) is 0 Å². The predicted molar refractivity (Wildman–Crippen MR) is 103 cm³/mol. The number of nitrogens with zero attached hydrogens (tertiary/aromatic N) is 1. The van der Waals surface area contributed by atoms with E-state index in [1.54, 1.807) is 13.2 Å². The lowest BCUT2D eigenvalue weighted by molar-refractivity contribution is -0.115. The van der Waals surface area contributed by atoms with Crippen LogP contribution >= 0.6 is 23.4 Å². The van der Waals surface area contributed by atoms with Crippen molar-refractivity contribution in [3.8, 4) is 5.75 Å². The number of methoxy groups -OCH3 is 1. The first-order valence-corrected chi connectivity index (χ1v) is 9.00. The molecule has 2 aromatic carbocycles.